The zero-order chi connectivity index (χ0) is 22.6. The second kappa shape index (κ2) is 7.30. The molecule has 0 bridgehead atoms. The molecule has 2 heterocycles. The molecule has 32 heavy (non-hydrogen) atoms. The lowest BCUT2D eigenvalue weighted by Gasteiger charge is -2.31. The Morgan fingerprint density at radius 1 is 0.969 bits per heavy atom. The number of carbonyl (C=O) groups is 1. The number of Topliss-reactive ketones (excluding diaryl/α,β-unsaturated/α-hetero) is 1. The highest BCUT2D eigenvalue weighted by atomic mass is 16.1. The standard InChI is InChI=1S/C27H28N4O/c1-17-23-21-15-27(2,3)16-22(32)24(21)25(18-11-13-19(14-12-18)30(4)5)28-26(23)31(29-17)20-9-7-6-8-10-20/h6-14H,15-16H2,1-5H3. The molecule has 5 heteroatoms. The van der Waals surface area contributed by atoms with Crippen molar-refractivity contribution in [2.45, 2.75) is 33.6 Å². The molecule has 0 amide bonds. The fourth-order valence-corrected chi connectivity index (χ4v) is 4.82. The molecular weight excluding hydrogens is 396 g/mol. The van der Waals surface area contributed by atoms with Crippen LogP contribution in [-0.4, -0.2) is 34.6 Å². The highest BCUT2D eigenvalue weighted by Gasteiger charge is 2.36. The third kappa shape index (κ3) is 3.29. The Bertz CT molecular complexity index is 1330. The summed E-state index contributed by atoms with van der Waals surface area (Å²) in [5.41, 5.74) is 7.28. The predicted octanol–water partition coefficient (Wildman–Crippen LogP) is 5.62. The number of carbonyl (C=O) groups excluding carboxylic acids is 1. The second-order valence-electron chi connectivity index (χ2n) is 9.73. The highest BCUT2D eigenvalue weighted by Crippen LogP contribution is 2.42. The van der Waals surface area contributed by atoms with E-state index in [4.69, 9.17) is 10.1 Å². The number of aromatic nitrogens is 3. The van der Waals surface area contributed by atoms with Gasteiger partial charge in [0.05, 0.1) is 17.1 Å². The number of hydrogen-bond acceptors (Lipinski definition) is 4. The van der Waals surface area contributed by atoms with E-state index in [-0.39, 0.29) is 11.2 Å². The van der Waals surface area contributed by atoms with Gasteiger partial charge in [-0.05, 0) is 48.6 Å². The molecule has 1 aliphatic rings. The zero-order valence-electron chi connectivity index (χ0n) is 19.3. The molecule has 1 aliphatic carbocycles. The minimum Gasteiger partial charge on any atom is -0.378 e. The van der Waals surface area contributed by atoms with Crippen LogP contribution in [0.1, 0.15) is 41.9 Å². The quantitative estimate of drug-likeness (QED) is 0.428. The molecule has 5 rings (SSSR count). The van der Waals surface area contributed by atoms with Gasteiger partial charge in [-0.2, -0.15) is 5.10 Å². The number of hydrogen-bond donors (Lipinski definition) is 0. The van der Waals surface area contributed by atoms with E-state index in [0.717, 1.165) is 56.9 Å². The average molecular weight is 425 g/mol. The van der Waals surface area contributed by atoms with Gasteiger partial charge in [-0.1, -0.05) is 44.2 Å². The van der Waals surface area contributed by atoms with E-state index < -0.39 is 0 Å². The van der Waals surface area contributed by atoms with E-state index in [2.05, 4.69) is 43.0 Å². The van der Waals surface area contributed by atoms with Gasteiger partial charge >= 0.3 is 0 Å². The van der Waals surface area contributed by atoms with Gasteiger partial charge < -0.3 is 4.90 Å². The lowest BCUT2D eigenvalue weighted by atomic mass is 9.72. The molecular formula is C27H28N4O. The van der Waals surface area contributed by atoms with Crippen molar-refractivity contribution in [1.82, 2.24) is 14.8 Å². The summed E-state index contributed by atoms with van der Waals surface area (Å²) in [7, 11) is 4.04. The predicted molar refractivity (Wildman–Crippen MR) is 130 cm³/mol. The maximum atomic E-state index is 13.4. The van der Waals surface area contributed by atoms with Crippen molar-refractivity contribution < 1.29 is 4.79 Å². The summed E-state index contributed by atoms with van der Waals surface area (Å²) in [6.45, 7) is 6.35. The summed E-state index contributed by atoms with van der Waals surface area (Å²) in [4.78, 5) is 20.6. The van der Waals surface area contributed by atoms with E-state index in [9.17, 15) is 4.79 Å². The molecule has 0 saturated carbocycles. The fourth-order valence-electron chi connectivity index (χ4n) is 4.82. The number of pyridine rings is 1. The number of aryl methyl sites for hydroxylation is 1. The molecule has 162 valence electrons. The van der Waals surface area contributed by atoms with Crippen molar-refractivity contribution in [3.8, 4) is 16.9 Å². The fraction of sp³-hybridized carbons (Fsp3) is 0.296. The van der Waals surface area contributed by atoms with Crippen LogP contribution in [0.4, 0.5) is 5.69 Å². The Kier molecular flexibility index (Phi) is 4.66. The maximum Gasteiger partial charge on any atom is 0.165 e. The monoisotopic (exact) mass is 424 g/mol. The summed E-state index contributed by atoms with van der Waals surface area (Å²) in [6, 6.07) is 18.3. The van der Waals surface area contributed by atoms with Crippen LogP contribution in [0.15, 0.2) is 54.6 Å². The Labute approximate surface area is 188 Å². The van der Waals surface area contributed by atoms with Crippen LogP contribution in [0.5, 0.6) is 0 Å². The zero-order valence-corrected chi connectivity index (χ0v) is 19.3. The van der Waals surface area contributed by atoms with E-state index in [1.54, 1.807) is 0 Å². The molecule has 4 aromatic rings. The number of anilines is 1. The lowest BCUT2D eigenvalue weighted by Crippen LogP contribution is -2.28. The van der Waals surface area contributed by atoms with Crippen LogP contribution in [0.2, 0.25) is 0 Å². The maximum absolute atomic E-state index is 13.4. The van der Waals surface area contributed by atoms with Gasteiger partial charge in [0.2, 0.25) is 0 Å². The molecule has 0 N–H and O–H groups in total. The first kappa shape index (κ1) is 20.4. The largest absolute Gasteiger partial charge is 0.378 e. The van der Waals surface area contributed by atoms with Crippen molar-refractivity contribution in [3.63, 3.8) is 0 Å². The van der Waals surface area contributed by atoms with E-state index >= 15 is 0 Å². The summed E-state index contributed by atoms with van der Waals surface area (Å²) >= 11 is 0. The summed E-state index contributed by atoms with van der Waals surface area (Å²) < 4.78 is 1.91. The SMILES string of the molecule is Cc1nn(-c2ccccc2)c2nc(-c3ccc(N(C)C)cc3)c3c(c12)CC(C)(C)CC3=O. The Morgan fingerprint density at radius 2 is 1.66 bits per heavy atom. The van der Waals surface area contributed by atoms with Gasteiger partial charge in [0.15, 0.2) is 11.4 Å². The van der Waals surface area contributed by atoms with Crippen molar-refractivity contribution in [1.29, 1.82) is 0 Å². The molecule has 0 radical (unpaired) electrons. The average Bonchev–Trinajstić information content (AvgIpc) is 3.09. The number of fused-ring (bicyclic) bond motifs is 3. The van der Waals surface area contributed by atoms with Crippen molar-refractivity contribution in [2.75, 3.05) is 19.0 Å². The first-order valence-corrected chi connectivity index (χ1v) is 11.0. The number of nitrogens with zero attached hydrogens (tertiary/aromatic N) is 4. The van der Waals surface area contributed by atoms with Gasteiger partial charge in [0.1, 0.15) is 0 Å². The molecule has 2 aromatic heterocycles. The van der Waals surface area contributed by atoms with Crippen LogP contribution in [0.3, 0.4) is 0 Å². The Morgan fingerprint density at radius 3 is 2.31 bits per heavy atom. The van der Waals surface area contributed by atoms with Crippen molar-refractivity contribution >= 4 is 22.5 Å². The molecule has 5 nitrogen and oxygen atoms in total. The van der Waals surface area contributed by atoms with Crippen LogP contribution < -0.4 is 4.90 Å². The number of para-hydroxylation sites is 1. The smallest absolute Gasteiger partial charge is 0.165 e. The van der Waals surface area contributed by atoms with Gasteiger partial charge in [0.25, 0.3) is 0 Å². The van der Waals surface area contributed by atoms with Gasteiger partial charge in [0, 0.05) is 42.7 Å². The molecule has 0 spiro atoms. The summed E-state index contributed by atoms with van der Waals surface area (Å²) in [6.07, 6.45) is 1.36. The van der Waals surface area contributed by atoms with Crippen molar-refractivity contribution in [3.05, 3.63) is 71.4 Å². The molecule has 0 saturated heterocycles. The third-order valence-corrected chi connectivity index (χ3v) is 6.33. The molecule has 0 aliphatic heterocycles. The number of rotatable bonds is 3. The number of benzene rings is 2. The van der Waals surface area contributed by atoms with E-state index in [0.29, 0.717) is 6.42 Å². The van der Waals surface area contributed by atoms with Crippen LogP contribution in [-0.2, 0) is 6.42 Å². The summed E-state index contributed by atoms with van der Waals surface area (Å²) in [5, 5.41) is 5.86. The van der Waals surface area contributed by atoms with E-state index in [1.165, 1.54) is 0 Å². The second-order valence-corrected chi connectivity index (χ2v) is 9.73. The third-order valence-electron chi connectivity index (χ3n) is 6.33. The molecule has 0 unspecified atom stereocenters. The summed E-state index contributed by atoms with van der Waals surface area (Å²) in [5.74, 6) is 0.171. The molecule has 0 fully saturated rings. The molecule has 0 atom stereocenters. The minimum atomic E-state index is -0.0916. The first-order chi connectivity index (χ1) is 15.2. The number of ketones is 1. The topological polar surface area (TPSA) is 51.0 Å². The Hall–Kier alpha value is -3.47. The first-order valence-electron chi connectivity index (χ1n) is 11.0. The Balaban J connectivity index is 1.84. The van der Waals surface area contributed by atoms with Crippen LogP contribution in [0, 0.1) is 12.3 Å². The van der Waals surface area contributed by atoms with Gasteiger partial charge in [-0.15, -0.1) is 0 Å². The lowest BCUT2D eigenvalue weighted by molar-refractivity contribution is 0.0913. The highest BCUT2D eigenvalue weighted by molar-refractivity contribution is 6.08. The van der Waals surface area contributed by atoms with Crippen molar-refractivity contribution in [2.24, 2.45) is 5.41 Å². The van der Waals surface area contributed by atoms with E-state index in [1.807, 2.05) is 56.0 Å². The molecule has 2 aromatic carbocycles. The normalized spacial score (nSPS) is 15.1. The minimum absolute atomic E-state index is 0.0916. The van der Waals surface area contributed by atoms with Gasteiger partial charge in [-0.25, -0.2) is 9.67 Å². The van der Waals surface area contributed by atoms with Gasteiger partial charge in [-0.3, -0.25) is 4.79 Å². The van der Waals surface area contributed by atoms with Crippen LogP contribution in [0.25, 0.3) is 28.0 Å². The van der Waals surface area contributed by atoms with Crippen LogP contribution >= 0.6 is 0 Å².